The number of ether oxygens (including phenoxy) is 1. The Bertz CT molecular complexity index is 791. The molecule has 0 aliphatic carbocycles. The van der Waals surface area contributed by atoms with Crippen LogP contribution >= 0.6 is 0 Å². The molecule has 1 amide bonds. The molecule has 1 saturated heterocycles. The second kappa shape index (κ2) is 9.92. The predicted octanol–water partition coefficient (Wildman–Crippen LogP) is 3.14. The third-order valence-corrected chi connectivity index (χ3v) is 4.03. The maximum Gasteiger partial charge on any atom is 0.293 e. The zero-order valence-electron chi connectivity index (χ0n) is 16.1. The van der Waals surface area contributed by atoms with E-state index >= 15 is 0 Å². The monoisotopic (exact) mass is 369 g/mol. The number of aliphatic imine (C=N–C) groups is 1. The van der Waals surface area contributed by atoms with Gasteiger partial charge in [0.05, 0.1) is 17.4 Å². The molecule has 1 aliphatic rings. The van der Waals surface area contributed by atoms with E-state index in [-0.39, 0.29) is 17.4 Å². The Hall–Kier alpha value is -2.60. The summed E-state index contributed by atoms with van der Waals surface area (Å²) in [7, 11) is 0. The lowest BCUT2D eigenvalue weighted by Gasteiger charge is -2.19. The number of piperidine rings is 1. The number of hydrogen-bond donors (Lipinski definition) is 1. The fourth-order valence-corrected chi connectivity index (χ4v) is 2.60. The lowest BCUT2D eigenvalue weighted by atomic mass is 9.98. The first kappa shape index (κ1) is 20.7. The number of benzene rings is 1. The minimum Gasteiger partial charge on any atom is -0.462 e. The molecule has 0 atom stereocenters. The topological polar surface area (TPSA) is 80.7 Å². The van der Waals surface area contributed by atoms with Crippen LogP contribution in [0.5, 0.6) is 0 Å². The quantitative estimate of drug-likeness (QED) is 0.664. The number of amides is 1. The van der Waals surface area contributed by atoms with Gasteiger partial charge in [-0.1, -0.05) is 24.3 Å². The van der Waals surface area contributed by atoms with Crippen LogP contribution in [0.3, 0.4) is 0 Å². The molecule has 2 aromatic rings. The van der Waals surface area contributed by atoms with E-state index in [1.165, 1.54) is 0 Å². The maximum atomic E-state index is 12.0. The number of carbonyl (C=O) groups is 2. The minimum absolute atomic E-state index is 0.0264. The zero-order valence-corrected chi connectivity index (χ0v) is 16.1. The Labute approximate surface area is 160 Å². The highest BCUT2D eigenvalue weighted by Crippen LogP contribution is 2.14. The molecule has 0 saturated carbocycles. The summed E-state index contributed by atoms with van der Waals surface area (Å²) in [5.41, 5.74) is 1.33. The Kier molecular flexibility index (Phi) is 7.61. The molecule has 0 bridgehead atoms. The van der Waals surface area contributed by atoms with Crippen LogP contribution in [0.25, 0.3) is 10.9 Å². The summed E-state index contributed by atoms with van der Waals surface area (Å²) in [5.74, 6) is 0.0365. The molecule has 2 heterocycles. The maximum absolute atomic E-state index is 12.0. The van der Waals surface area contributed by atoms with Crippen molar-refractivity contribution in [3.8, 4) is 0 Å². The normalized spacial score (nSPS) is 15.2. The Morgan fingerprint density at radius 1 is 1.19 bits per heavy atom. The van der Waals surface area contributed by atoms with Gasteiger partial charge in [0.2, 0.25) is 5.91 Å². The molecule has 1 N–H and O–H groups in total. The predicted molar refractivity (Wildman–Crippen MR) is 107 cm³/mol. The van der Waals surface area contributed by atoms with Crippen LogP contribution in [-0.2, 0) is 14.3 Å². The molecule has 1 aliphatic heterocycles. The van der Waals surface area contributed by atoms with Gasteiger partial charge >= 0.3 is 0 Å². The summed E-state index contributed by atoms with van der Waals surface area (Å²) in [6, 6.07) is 11.8. The van der Waals surface area contributed by atoms with Gasteiger partial charge in [-0.25, -0.2) is 9.98 Å². The average Bonchev–Trinajstić information content (AvgIpc) is 2.66. The molecular formula is C21H27N3O3. The third-order valence-electron chi connectivity index (χ3n) is 4.03. The molecule has 0 unspecified atom stereocenters. The first-order valence-electron chi connectivity index (χ1n) is 9.15. The van der Waals surface area contributed by atoms with Gasteiger partial charge < -0.3 is 10.1 Å². The molecule has 0 spiro atoms. The third kappa shape index (κ3) is 7.27. The lowest BCUT2D eigenvalue weighted by molar-refractivity contribution is -0.138. The number of nitrogens with zero attached hydrogens (tertiary/aromatic N) is 2. The number of aromatic nitrogens is 1. The van der Waals surface area contributed by atoms with E-state index in [9.17, 15) is 9.59 Å². The van der Waals surface area contributed by atoms with Crippen LogP contribution in [0.4, 0.5) is 0 Å². The van der Waals surface area contributed by atoms with Crippen molar-refractivity contribution in [2.24, 2.45) is 10.9 Å². The van der Waals surface area contributed by atoms with Crippen molar-refractivity contribution < 1.29 is 14.3 Å². The van der Waals surface area contributed by atoms with E-state index in [0.29, 0.717) is 6.47 Å². The van der Waals surface area contributed by atoms with E-state index in [1.54, 1.807) is 6.21 Å². The van der Waals surface area contributed by atoms with Gasteiger partial charge in [0.1, 0.15) is 5.60 Å². The summed E-state index contributed by atoms with van der Waals surface area (Å²) >= 11 is 0. The fourth-order valence-electron chi connectivity index (χ4n) is 2.60. The van der Waals surface area contributed by atoms with Crippen molar-refractivity contribution in [2.75, 3.05) is 13.1 Å². The van der Waals surface area contributed by atoms with Gasteiger partial charge in [0, 0.05) is 11.3 Å². The second-order valence-electron chi connectivity index (χ2n) is 7.38. The van der Waals surface area contributed by atoms with Crippen LogP contribution < -0.4 is 5.32 Å². The molecule has 1 aromatic heterocycles. The van der Waals surface area contributed by atoms with E-state index < -0.39 is 0 Å². The highest BCUT2D eigenvalue weighted by atomic mass is 16.5. The number of carbonyl (C=O) groups excluding carboxylic acids is 2. The summed E-state index contributed by atoms with van der Waals surface area (Å²) < 4.78 is 4.55. The Morgan fingerprint density at radius 3 is 2.52 bits per heavy atom. The lowest BCUT2D eigenvalue weighted by Crippen LogP contribution is -2.31. The van der Waals surface area contributed by atoms with E-state index in [1.807, 2.05) is 57.2 Å². The van der Waals surface area contributed by atoms with E-state index in [2.05, 4.69) is 20.0 Å². The number of hydrogen-bond acceptors (Lipinski definition) is 5. The van der Waals surface area contributed by atoms with E-state index in [0.717, 1.165) is 42.5 Å². The first-order valence-corrected chi connectivity index (χ1v) is 9.15. The van der Waals surface area contributed by atoms with Crippen molar-refractivity contribution >= 4 is 29.5 Å². The minimum atomic E-state index is -0.318. The van der Waals surface area contributed by atoms with Crippen LogP contribution in [0.1, 0.15) is 39.3 Å². The number of rotatable bonds is 3. The summed E-state index contributed by atoms with van der Waals surface area (Å²) in [6.45, 7) is 7.73. The Balaban J connectivity index is 0.000000321. The number of nitrogens with one attached hydrogen (secondary N) is 1. The summed E-state index contributed by atoms with van der Waals surface area (Å²) in [6.07, 6.45) is 3.33. The van der Waals surface area contributed by atoms with Gasteiger partial charge in [0.15, 0.2) is 0 Å². The Morgan fingerprint density at radius 2 is 1.89 bits per heavy atom. The highest BCUT2D eigenvalue weighted by Gasteiger charge is 2.19. The van der Waals surface area contributed by atoms with Crippen LogP contribution in [0, 0.1) is 5.92 Å². The SMILES string of the molecule is CC(C)(C)OC=O.O=C(N=Cc1ccc2ccccc2n1)C1CCNCC1. The molecule has 6 nitrogen and oxygen atoms in total. The van der Waals surface area contributed by atoms with Crippen LogP contribution in [-0.4, -0.2) is 42.3 Å². The standard InChI is InChI=1S/C16H17N3O.C5H10O2/c20-16(13-7-9-17-10-8-13)18-11-14-6-5-12-3-1-2-4-15(12)19-14;1-5(2,3)7-4-6/h1-6,11,13,17H,7-10H2;4H,1-3H3. The highest BCUT2D eigenvalue weighted by molar-refractivity contribution is 5.93. The van der Waals surface area contributed by atoms with Crippen molar-refractivity contribution in [2.45, 2.75) is 39.2 Å². The molecule has 27 heavy (non-hydrogen) atoms. The second-order valence-corrected chi connectivity index (χ2v) is 7.38. The number of pyridine rings is 1. The molecule has 144 valence electrons. The first-order chi connectivity index (χ1) is 12.9. The molecule has 1 aromatic carbocycles. The summed E-state index contributed by atoms with van der Waals surface area (Å²) in [4.78, 5) is 30.1. The molecule has 1 fully saturated rings. The van der Waals surface area contributed by atoms with Crippen LogP contribution in [0.15, 0.2) is 41.4 Å². The molecule has 0 radical (unpaired) electrons. The summed E-state index contributed by atoms with van der Waals surface area (Å²) in [5, 5.41) is 4.34. The van der Waals surface area contributed by atoms with Gasteiger partial charge in [0.25, 0.3) is 6.47 Å². The number of fused-ring (bicyclic) bond motifs is 1. The molecular weight excluding hydrogens is 342 g/mol. The fraction of sp³-hybridized carbons (Fsp3) is 0.429. The molecule has 6 heteroatoms. The number of para-hydroxylation sites is 1. The van der Waals surface area contributed by atoms with Gasteiger partial charge in [-0.05, 0) is 58.8 Å². The van der Waals surface area contributed by atoms with Crippen LogP contribution in [0.2, 0.25) is 0 Å². The van der Waals surface area contributed by atoms with Crippen molar-refractivity contribution in [1.29, 1.82) is 0 Å². The van der Waals surface area contributed by atoms with Gasteiger partial charge in [-0.2, -0.15) is 0 Å². The van der Waals surface area contributed by atoms with Gasteiger partial charge in [-0.15, -0.1) is 0 Å². The average molecular weight is 369 g/mol. The van der Waals surface area contributed by atoms with Crippen molar-refractivity contribution in [3.63, 3.8) is 0 Å². The van der Waals surface area contributed by atoms with Crippen molar-refractivity contribution in [1.82, 2.24) is 10.3 Å². The van der Waals surface area contributed by atoms with Gasteiger partial charge in [-0.3, -0.25) is 9.59 Å². The van der Waals surface area contributed by atoms with E-state index in [4.69, 9.17) is 0 Å². The zero-order chi connectivity index (χ0) is 19.7. The largest absolute Gasteiger partial charge is 0.462 e. The smallest absolute Gasteiger partial charge is 0.293 e. The molecule has 3 rings (SSSR count). The van der Waals surface area contributed by atoms with Crippen molar-refractivity contribution in [3.05, 3.63) is 42.1 Å².